The molecule has 0 unspecified atom stereocenters. The first-order valence-corrected chi connectivity index (χ1v) is 8.91. The lowest BCUT2D eigenvalue weighted by molar-refractivity contribution is -0.155. The minimum atomic E-state index is -1.18. The smallest absolute Gasteiger partial charge is 0.329 e. The van der Waals surface area contributed by atoms with Gasteiger partial charge in [0.2, 0.25) is 5.91 Å². The third kappa shape index (κ3) is 7.20. The Kier molecular flexibility index (Phi) is 8.17. The second-order valence-electron chi connectivity index (χ2n) is 6.29. The largest absolute Gasteiger partial charge is 0.461 e. The van der Waals surface area contributed by atoms with Gasteiger partial charge in [-0.1, -0.05) is 60.7 Å². The first-order valence-electron chi connectivity index (χ1n) is 8.91. The van der Waals surface area contributed by atoms with Crippen LogP contribution >= 0.6 is 0 Å². The Hall–Kier alpha value is -3.19. The van der Waals surface area contributed by atoms with Gasteiger partial charge in [0.1, 0.15) is 19.3 Å². The fraction of sp³-hybridized carbons (Fsp3) is 0.286. The number of carbonyl (C=O) groups excluding carboxylic acids is 3. The van der Waals surface area contributed by atoms with Gasteiger partial charge in [0.15, 0.2) is 0 Å². The molecule has 7 nitrogen and oxygen atoms in total. The SMILES string of the molecule is C[C@H](N)C(=O)N[C@@H](CC(=O)OCc1ccccc1)C(=O)OCc1ccccc1. The molecule has 0 aromatic heterocycles. The number of rotatable bonds is 9. The van der Waals surface area contributed by atoms with Crippen LogP contribution in [0.5, 0.6) is 0 Å². The molecule has 0 fully saturated rings. The van der Waals surface area contributed by atoms with Gasteiger partial charge in [-0.15, -0.1) is 0 Å². The molecule has 0 aliphatic heterocycles. The van der Waals surface area contributed by atoms with Crippen molar-refractivity contribution >= 4 is 17.8 Å². The first-order chi connectivity index (χ1) is 13.5. The summed E-state index contributed by atoms with van der Waals surface area (Å²) in [6.45, 7) is 1.59. The third-order valence-corrected chi connectivity index (χ3v) is 3.85. The van der Waals surface area contributed by atoms with Gasteiger partial charge in [-0.05, 0) is 18.1 Å². The van der Waals surface area contributed by atoms with Crippen LogP contribution in [0.2, 0.25) is 0 Å². The van der Waals surface area contributed by atoms with E-state index in [0.717, 1.165) is 11.1 Å². The lowest BCUT2D eigenvalue weighted by Crippen LogP contribution is -2.48. The van der Waals surface area contributed by atoms with Gasteiger partial charge in [-0.2, -0.15) is 0 Å². The van der Waals surface area contributed by atoms with Crippen molar-refractivity contribution in [1.29, 1.82) is 0 Å². The van der Waals surface area contributed by atoms with E-state index in [0.29, 0.717) is 0 Å². The van der Waals surface area contributed by atoms with Gasteiger partial charge < -0.3 is 20.5 Å². The van der Waals surface area contributed by atoms with Crippen LogP contribution in [0.3, 0.4) is 0 Å². The Morgan fingerprint density at radius 1 is 0.893 bits per heavy atom. The van der Waals surface area contributed by atoms with Crippen molar-refractivity contribution in [2.45, 2.75) is 38.6 Å². The molecule has 0 saturated heterocycles. The van der Waals surface area contributed by atoms with E-state index in [2.05, 4.69) is 5.32 Å². The zero-order valence-electron chi connectivity index (χ0n) is 15.7. The molecule has 148 valence electrons. The number of nitrogens with two attached hydrogens (primary N) is 1. The monoisotopic (exact) mass is 384 g/mol. The van der Waals surface area contributed by atoms with Gasteiger partial charge in [0.05, 0.1) is 12.5 Å². The van der Waals surface area contributed by atoms with E-state index in [-0.39, 0.29) is 19.6 Å². The van der Waals surface area contributed by atoms with Crippen molar-refractivity contribution in [2.75, 3.05) is 0 Å². The van der Waals surface area contributed by atoms with Crippen molar-refractivity contribution in [3.8, 4) is 0 Å². The molecule has 3 N–H and O–H groups in total. The van der Waals surface area contributed by atoms with Gasteiger partial charge in [-0.25, -0.2) is 4.79 Å². The van der Waals surface area contributed by atoms with Crippen molar-refractivity contribution in [2.24, 2.45) is 5.73 Å². The van der Waals surface area contributed by atoms with E-state index in [1.165, 1.54) is 6.92 Å². The van der Waals surface area contributed by atoms with Gasteiger partial charge in [-0.3, -0.25) is 9.59 Å². The van der Waals surface area contributed by atoms with Crippen molar-refractivity contribution in [3.05, 3.63) is 71.8 Å². The van der Waals surface area contributed by atoms with Crippen LogP contribution in [-0.4, -0.2) is 29.9 Å². The van der Waals surface area contributed by atoms with E-state index < -0.39 is 29.9 Å². The van der Waals surface area contributed by atoms with E-state index in [4.69, 9.17) is 15.2 Å². The minimum absolute atomic E-state index is 0.0310. The second-order valence-corrected chi connectivity index (χ2v) is 6.29. The topological polar surface area (TPSA) is 108 Å². The lowest BCUT2D eigenvalue weighted by atomic mass is 10.2. The van der Waals surface area contributed by atoms with Gasteiger partial charge in [0.25, 0.3) is 0 Å². The van der Waals surface area contributed by atoms with E-state index in [1.54, 1.807) is 12.1 Å². The highest BCUT2D eigenvalue weighted by atomic mass is 16.5. The Balaban J connectivity index is 1.94. The molecule has 28 heavy (non-hydrogen) atoms. The van der Waals surface area contributed by atoms with Crippen LogP contribution in [0.25, 0.3) is 0 Å². The van der Waals surface area contributed by atoms with Crippen molar-refractivity contribution in [3.63, 3.8) is 0 Å². The molecule has 1 amide bonds. The Morgan fingerprint density at radius 3 is 1.89 bits per heavy atom. The summed E-state index contributed by atoms with van der Waals surface area (Å²) >= 11 is 0. The predicted molar refractivity (Wildman–Crippen MR) is 103 cm³/mol. The van der Waals surface area contributed by atoms with Crippen LogP contribution in [0.4, 0.5) is 0 Å². The summed E-state index contributed by atoms with van der Waals surface area (Å²) in [6, 6.07) is 16.2. The maximum Gasteiger partial charge on any atom is 0.329 e. The molecule has 2 aromatic carbocycles. The average molecular weight is 384 g/mol. The number of esters is 2. The summed E-state index contributed by atoms with van der Waals surface area (Å²) in [5.74, 6) is -1.91. The van der Waals surface area contributed by atoms with Crippen LogP contribution < -0.4 is 11.1 Å². The van der Waals surface area contributed by atoms with Gasteiger partial charge >= 0.3 is 11.9 Å². The second kappa shape index (κ2) is 10.8. The maximum absolute atomic E-state index is 12.4. The number of nitrogens with one attached hydrogen (secondary N) is 1. The summed E-state index contributed by atoms with van der Waals surface area (Å²) in [7, 11) is 0. The quantitative estimate of drug-likeness (QED) is 0.637. The molecule has 2 aromatic rings. The summed E-state index contributed by atoms with van der Waals surface area (Å²) in [6.07, 6.45) is -0.348. The molecular formula is C21H24N2O5. The molecular weight excluding hydrogens is 360 g/mol. The van der Waals surface area contributed by atoms with Crippen molar-refractivity contribution < 1.29 is 23.9 Å². The first kappa shape index (κ1) is 21.1. The molecule has 2 rings (SSSR count). The number of hydrogen-bond acceptors (Lipinski definition) is 6. The zero-order chi connectivity index (χ0) is 20.4. The minimum Gasteiger partial charge on any atom is -0.461 e. The number of carbonyl (C=O) groups is 3. The van der Waals surface area contributed by atoms with E-state index >= 15 is 0 Å². The number of amides is 1. The zero-order valence-corrected chi connectivity index (χ0v) is 15.7. The molecule has 0 aliphatic carbocycles. The maximum atomic E-state index is 12.4. The lowest BCUT2D eigenvalue weighted by Gasteiger charge is -2.18. The van der Waals surface area contributed by atoms with Crippen LogP contribution in [-0.2, 0) is 37.1 Å². The summed E-state index contributed by atoms with van der Waals surface area (Å²) in [5.41, 5.74) is 7.14. The van der Waals surface area contributed by atoms with Gasteiger partial charge in [0, 0.05) is 0 Å². The highest BCUT2D eigenvalue weighted by Gasteiger charge is 2.27. The molecule has 0 aliphatic rings. The highest BCUT2D eigenvalue weighted by Crippen LogP contribution is 2.07. The average Bonchev–Trinajstić information content (AvgIpc) is 2.71. The summed E-state index contributed by atoms with van der Waals surface area (Å²) in [4.78, 5) is 36.4. The van der Waals surface area contributed by atoms with Crippen LogP contribution in [0.1, 0.15) is 24.5 Å². The molecule has 2 atom stereocenters. The molecule has 0 saturated carbocycles. The molecule has 7 heteroatoms. The summed E-state index contributed by atoms with van der Waals surface area (Å²) in [5, 5.41) is 2.44. The fourth-order valence-electron chi connectivity index (χ4n) is 2.29. The Morgan fingerprint density at radius 2 is 1.39 bits per heavy atom. The Labute approximate surface area is 163 Å². The normalized spacial score (nSPS) is 12.5. The van der Waals surface area contributed by atoms with Crippen molar-refractivity contribution in [1.82, 2.24) is 5.32 Å². The van der Waals surface area contributed by atoms with E-state index in [1.807, 2.05) is 48.5 Å². The van der Waals surface area contributed by atoms with E-state index in [9.17, 15) is 14.4 Å². The third-order valence-electron chi connectivity index (χ3n) is 3.85. The predicted octanol–water partition coefficient (Wildman–Crippen LogP) is 1.70. The van der Waals surface area contributed by atoms with Crippen LogP contribution in [0.15, 0.2) is 60.7 Å². The molecule has 0 bridgehead atoms. The van der Waals surface area contributed by atoms with Crippen LogP contribution in [0, 0.1) is 0 Å². The molecule has 0 spiro atoms. The number of ether oxygens (including phenoxy) is 2. The molecule has 0 radical (unpaired) electrons. The molecule has 0 heterocycles. The summed E-state index contributed by atoms with van der Waals surface area (Å²) < 4.78 is 10.4. The standard InChI is InChI=1S/C21H24N2O5/c1-15(22)20(25)23-18(21(26)28-14-17-10-6-3-7-11-17)12-19(24)27-13-16-8-4-2-5-9-16/h2-11,15,18H,12-14,22H2,1H3,(H,23,25)/t15-,18-/m0/s1. The number of hydrogen-bond donors (Lipinski definition) is 2. The Bertz CT molecular complexity index is 778. The fourth-order valence-corrected chi connectivity index (χ4v) is 2.29. The number of benzene rings is 2. The highest BCUT2D eigenvalue weighted by molar-refractivity contribution is 5.89.